The van der Waals surface area contributed by atoms with E-state index in [4.69, 9.17) is 10.8 Å². The minimum Gasteiger partial charge on any atom is -0.393 e. The molecule has 0 aliphatic heterocycles. The van der Waals surface area contributed by atoms with Crippen molar-refractivity contribution < 1.29 is 9.90 Å². The maximum Gasteiger partial charge on any atom is 0.238 e. The number of nitrogens with zero attached hydrogens (tertiary/aromatic N) is 1. The predicted octanol–water partition coefficient (Wildman–Crippen LogP) is -0.437. The average Bonchev–Trinajstić information content (AvgIpc) is 1.98. The summed E-state index contributed by atoms with van der Waals surface area (Å²) in [4.78, 5) is 12.7. The van der Waals surface area contributed by atoms with Gasteiger partial charge in [0.2, 0.25) is 5.91 Å². The lowest BCUT2D eigenvalue weighted by Crippen LogP contribution is -2.40. The number of rotatable bonds is 4. The number of hydrogen-bond donors (Lipinski definition) is 2. The molecule has 0 aliphatic rings. The van der Waals surface area contributed by atoms with Crippen LogP contribution in [0.5, 0.6) is 0 Å². The van der Waals surface area contributed by atoms with E-state index < -0.39 is 6.04 Å². The van der Waals surface area contributed by atoms with E-state index in [9.17, 15) is 4.79 Å². The summed E-state index contributed by atoms with van der Waals surface area (Å²) in [6.45, 7) is 3.91. The van der Waals surface area contributed by atoms with Crippen LogP contribution in [0.3, 0.4) is 0 Å². The molecule has 0 aromatic rings. The molecule has 4 heteroatoms. The molecule has 72 valence electrons. The van der Waals surface area contributed by atoms with Crippen LogP contribution in [0.2, 0.25) is 0 Å². The van der Waals surface area contributed by atoms with Gasteiger partial charge in [0.1, 0.15) is 0 Å². The minimum atomic E-state index is -0.455. The molecule has 0 heterocycles. The third kappa shape index (κ3) is 4.31. The van der Waals surface area contributed by atoms with E-state index >= 15 is 0 Å². The number of hydrogen-bond acceptors (Lipinski definition) is 3. The molecule has 2 unspecified atom stereocenters. The Morgan fingerprint density at radius 3 is 2.42 bits per heavy atom. The van der Waals surface area contributed by atoms with Gasteiger partial charge in [0.15, 0.2) is 0 Å². The van der Waals surface area contributed by atoms with E-state index in [0.717, 1.165) is 0 Å². The number of aliphatic hydroxyl groups excluding tert-OH is 1. The lowest BCUT2D eigenvalue weighted by molar-refractivity contribution is -0.131. The molecule has 0 aromatic heterocycles. The van der Waals surface area contributed by atoms with Crippen molar-refractivity contribution in [1.82, 2.24) is 4.90 Å². The zero-order chi connectivity index (χ0) is 9.72. The van der Waals surface area contributed by atoms with Crippen molar-refractivity contribution in [2.24, 2.45) is 5.73 Å². The summed E-state index contributed by atoms with van der Waals surface area (Å²) in [5.74, 6) is -0.0874. The number of likely N-dealkylation sites (N-methyl/N-ethyl adjacent to an activating group) is 1. The summed E-state index contributed by atoms with van der Waals surface area (Å²) in [6.07, 6.45) is 0.225. The Kier molecular flexibility index (Phi) is 4.85. The van der Waals surface area contributed by atoms with Gasteiger partial charge in [0.05, 0.1) is 12.1 Å². The molecule has 0 fully saturated rings. The highest BCUT2D eigenvalue weighted by atomic mass is 16.3. The van der Waals surface area contributed by atoms with Gasteiger partial charge in [-0.3, -0.25) is 4.79 Å². The molecule has 1 amide bonds. The van der Waals surface area contributed by atoms with Crippen molar-refractivity contribution in [2.45, 2.75) is 32.4 Å². The maximum absolute atomic E-state index is 11.2. The molecule has 0 bridgehead atoms. The Hall–Kier alpha value is -0.610. The highest BCUT2D eigenvalue weighted by Gasteiger charge is 2.12. The molecule has 0 aromatic carbocycles. The van der Waals surface area contributed by atoms with E-state index in [1.807, 2.05) is 0 Å². The van der Waals surface area contributed by atoms with E-state index in [0.29, 0.717) is 13.0 Å². The Morgan fingerprint density at radius 2 is 2.08 bits per heavy atom. The average molecular weight is 174 g/mol. The fourth-order valence-electron chi connectivity index (χ4n) is 0.838. The van der Waals surface area contributed by atoms with Crippen LogP contribution in [-0.4, -0.2) is 41.7 Å². The smallest absolute Gasteiger partial charge is 0.238 e. The summed E-state index contributed by atoms with van der Waals surface area (Å²) in [5.41, 5.74) is 5.39. The van der Waals surface area contributed by atoms with Gasteiger partial charge in [-0.15, -0.1) is 0 Å². The number of carbonyl (C=O) groups is 1. The van der Waals surface area contributed by atoms with Crippen molar-refractivity contribution >= 4 is 5.91 Å². The van der Waals surface area contributed by atoms with Crippen molar-refractivity contribution in [2.75, 3.05) is 13.6 Å². The zero-order valence-electron chi connectivity index (χ0n) is 7.95. The van der Waals surface area contributed by atoms with Gasteiger partial charge in [-0.1, -0.05) is 0 Å². The van der Waals surface area contributed by atoms with Crippen molar-refractivity contribution in [3.63, 3.8) is 0 Å². The summed E-state index contributed by atoms with van der Waals surface area (Å²) >= 11 is 0. The van der Waals surface area contributed by atoms with Crippen molar-refractivity contribution in [3.05, 3.63) is 0 Å². The molecule has 12 heavy (non-hydrogen) atoms. The fourth-order valence-corrected chi connectivity index (χ4v) is 0.838. The number of amides is 1. The molecule has 2 atom stereocenters. The number of aliphatic hydroxyl groups is 1. The molecule has 0 saturated heterocycles. The van der Waals surface area contributed by atoms with E-state index in [2.05, 4.69) is 0 Å². The second-order valence-corrected chi connectivity index (χ2v) is 3.19. The van der Waals surface area contributed by atoms with Crippen LogP contribution in [0.4, 0.5) is 0 Å². The zero-order valence-corrected chi connectivity index (χ0v) is 7.95. The van der Waals surface area contributed by atoms with Crippen LogP contribution in [-0.2, 0) is 4.79 Å². The molecule has 0 aliphatic carbocycles. The van der Waals surface area contributed by atoms with E-state index in [1.54, 1.807) is 20.9 Å². The Labute approximate surface area is 73.3 Å². The van der Waals surface area contributed by atoms with E-state index in [-0.39, 0.29) is 12.0 Å². The SMILES string of the molecule is CC(O)CCN(C)C(=O)C(C)N. The maximum atomic E-state index is 11.2. The minimum absolute atomic E-state index is 0.0874. The Bertz CT molecular complexity index is 146. The summed E-state index contributed by atoms with van der Waals surface area (Å²) in [7, 11) is 1.69. The van der Waals surface area contributed by atoms with Crippen LogP contribution >= 0.6 is 0 Å². The van der Waals surface area contributed by atoms with Crippen LogP contribution < -0.4 is 5.73 Å². The first-order chi connectivity index (χ1) is 5.45. The molecule has 4 nitrogen and oxygen atoms in total. The van der Waals surface area contributed by atoms with Crippen LogP contribution in [0.25, 0.3) is 0 Å². The summed E-state index contributed by atoms with van der Waals surface area (Å²) < 4.78 is 0. The standard InChI is InChI=1S/C8H18N2O2/c1-6(11)4-5-10(3)8(12)7(2)9/h6-7,11H,4-5,9H2,1-3H3. The van der Waals surface area contributed by atoms with Crippen LogP contribution in [0, 0.1) is 0 Å². The highest BCUT2D eigenvalue weighted by molar-refractivity contribution is 5.80. The Morgan fingerprint density at radius 1 is 1.58 bits per heavy atom. The molecule has 3 N–H and O–H groups in total. The van der Waals surface area contributed by atoms with Gasteiger partial charge in [-0.25, -0.2) is 0 Å². The molecule has 0 rings (SSSR count). The number of carbonyl (C=O) groups excluding carboxylic acids is 1. The number of nitrogens with two attached hydrogens (primary N) is 1. The second-order valence-electron chi connectivity index (χ2n) is 3.19. The highest BCUT2D eigenvalue weighted by Crippen LogP contribution is 1.95. The van der Waals surface area contributed by atoms with Crippen molar-refractivity contribution in [1.29, 1.82) is 0 Å². The lowest BCUT2D eigenvalue weighted by Gasteiger charge is -2.19. The van der Waals surface area contributed by atoms with Gasteiger partial charge in [0.25, 0.3) is 0 Å². The molecular formula is C8H18N2O2. The monoisotopic (exact) mass is 174 g/mol. The third-order valence-corrected chi connectivity index (χ3v) is 1.65. The molecule has 0 radical (unpaired) electrons. The second kappa shape index (κ2) is 5.11. The van der Waals surface area contributed by atoms with Gasteiger partial charge in [0, 0.05) is 13.6 Å². The molecule has 0 spiro atoms. The summed E-state index contributed by atoms with van der Waals surface area (Å²) in [6, 6.07) is -0.455. The molecular weight excluding hydrogens is 156 g/mol. The van der Waals surface area contributed by atoms with Gasteiger partial charge in [-0.2, -0.15) is 0 Å². The van der Waals surface area contributed by atoms with Crippen molar-refractivity contribution in [3.8, 4) is 0 Å². The largest absolute Gasteiger partial charge is 0.393 e. The topological polar surface area (TPSA) is 66.6 Å². The van der Waals surface area contributed by atoms with E-state index in [1.165, 1.54) is 4.90 Å². The fraction of sp³-hybridized carbons (Fsp3) is 0.875. The Balaban J connectivity index is 3.72. The summed E-state index contributed by atoms with van der Waals surface area (Å²) in [5, 5.41) is 8.95. The first-order valence-corrected chi connectivity index (χ1v) is 4.13. The lowest BCUT2D eigenvalue weighted by atomic mass is 10.2. The first kappa shape index (κ1) is 11.4. The third-order valence-electron chi connectivity index (χ3n) is 1.65. The van der Waals surface area contributed by atoms with Gasteiger partial charge >= 0.3 is 0 Å². The van der Waals surface area contributed by atoms with Crippen LogP contribution in [0.15, 0.2) is 0 Å². The normalized spacial score (nSPS) is 15.4. The first-order valence-electron chi connectivity index (χ1n) is 4.13. The quantitative estimate of drug-likeness (QED) is 0.607. The van der Waals surface area contributed by atoms with Gasteiger partial charge in [-0.05, 0) is 20.3 Å². The van der Waals surface area contributed by atoms with Crippen LogP contribution in [0.1, 0.15) is 20.3 Å². The predicted molar refractivity (Wildman–Crippen MR) is 47.6 cm³/mol. The molecule has 0 saturated carbocycles. The van der Waals surface area contributed by atoms with Gasteiger partial charge < -0.3 is 15.7 Å².